The topological polar surface area (TPSA) is 60.2 Å². The molecule has 0 spiro atoms. The molecule has 0 radical (unpaired) electrons. The van der Waals surface area contributed by atoms with Crippen molar-refractivity contribution in [2.24, 2.45) is 5.14 Å². The highest BCUT2D eigenvalue weighted by Crippen LogP contribution is 2.34. The van der Waals surface area contributed by atoms with Crippen LogP contribution < -0.4 is 5.14 Å². The molecule has 0 amide bonds. The van der Waals surface area contributed by atoms with E-state index >= 15 is 0 Å². The van der Waals surface area contributed by atoms with Crippen LogP contribution in [0.2, 0.25) is 5.02 Å². The van der Waals surface area contributed by atoms with E-state index in [-0.39, 0.29) is 4.90 Å². The molecular formula is C6H4Br2ClNO2S. The Kier molecular flexibility index (Phi) is 3.40. The quantitative estimate of drug-likeness (QED) is 0.792. The molecule has 7 heteroatoms. The maximum atomic E-state index is 11.0. The number of hydrogen-bond donors (Lipinski definition) is 1. The average Bonchev–Trinajstić information content (AvgIpc) is 1.98. The van der Waals surface area contributed by atoms with Gasteiger partial charge in [-0.3, -0.25) is 0 Å². The third kappa shape index (κ3) is 2.44. The van der Waals surface area contributed by atoms with Crippen LogP contribution in [0.3, 0.4) is 0 Å². The maximum absolute atomic E-state index is 11.0. The van der Waals surface area contributed by atoms with Crippen LogP contribution in [0.1, 0.15) is 0 Å². The third-order valence-electron chi connectivity index (χ3n) is 1.31. The van der Waals surface area contributed by atoms with Crippen LogP contribution in [0.25, 0.3) is 0 Å². The summed E-state index contributed by atoms with van der Waals surface area (Å²) < 4.78 is 22.8. The molecule has 0 saturated carbocycles. The number of halogens is 3. The summed E-state index contributed by atoms with van der Waals surface area (Å²) in [5.41, 5.74) is 0. The van der Waals surface area contributed by atoms with Crippen molar-refractivity contribution in [2.75, 3.05) is 0 Å². The lowest BCUT2D eigenvalue weighted by molar-refractivity contribution is 0.597. The van der Waals surface area contributed by atoms with E-state index in [1.54, 1.807) is 0 Å². The van der Waals surface area contributed by atoms with Gasteiger partial charge in [-0.2, -0.15) is 0 Å². The number of benzene rings is 1. The van der Waals surface area contributed by atoms with Gasteiger partial charge in [0.15, 0.2) is 0 Å². The smallest absolute Gasteiger partial charge is 0.225 e. The summed E-state index contributed by atoms with van der Waals surface area (Å²) in [6.07, 6.45) is 0. The van der Waals surface area contributed by atoms with E-state index in [1.807, 2.05) is 0 Å². The summed E-state index contributed by atoms with van der Waals surface area (Å²) in [5.74, 6) is 0. The SMILES string of the molecule is NS(=O)(=O)c1ccc(Cl)c(Br)c1Br. The standard InChI is InChI=1S/C6H4Br2ClNO2S/c7-5-3(9)1-2-4(6(5)8)13(10,11)12/h1-2H,(H2,10,11,12). The molecule has 13 heavy (non-hydrogen) atoms. The third-order valence-corrected chi connectivity index (χ3v) is 5.24. The van der Waals surface area contributed by atoms with E-state index in [0.717, 1.165) is 0 Å². The first-order chi connectivity index (χ1) is 5.84. The first-order valence-electron chi connectivity index (χ1n) is 3.00. The summed E-state index contributed by atoms with van der Waals surface area (Å²) in [6.45, 7) is 0. The number of nitrogens with two attached hydrogens (primary N) is 1. The van der Waals surface area contributed by atoms with E-state index in [0.29, 0.717) is 14.0 Å². The fraction of sp³-hybridized carbons (Fsp3) is 0. The minimum Gasteiger partial charge on any atom is -0.225 e. The molecule has 1 aromatic carbocycles. The molecule has 0 unspecified atom stereocenters. The van der Waals surface area contributed by atoms with E-state index < -0.39 is 10.0 Å². The van der Waals surface area contributed by atoms with Crippen molar-refractivity contribution in [2.45, 2.75) is 4.90 Å². The lowest BCUT2D eigenvalue weighted by Crippen LogP contribution is -2.12. The second kappa shape index (κ2) is 3.86. The summed E-state index contributed by atoms with van der Waals surface area (Å²) in [4.78, 5) is 0.00350. The molecule has 72 valence electrons. The van der Waals surface area contributed by atoms with E-state index in [9.17, 15) is 8.42 Å². The Morgan fingerprint density at radius 2 is 1.77 bits per heavy atom. The van der Waals surface area contributed by atoms with Crippen molar-refractivity contribution in [1.29, 1.82) is 0 Å². The van der Waals surface area contributed by atoms with Gasteiger partial charge in [-0.05, 0) is 44.0 Å². The van der Waals surface area contributed by atoms with Gasteiger partial charge in [-0.1, -0.05) is 11.6 Å². The second-order valence-electron chi connectivity index (χ2n) is 2.22. The minimum atomic E-state index is -3.71. The summed E-state index contributed by atoms with van der Waals surface area (Å²) in [7, 11) is -3.71. The number of primary sulfonamides is 1. The molecule has 0 aliphatic heterocycles. The highest BCUT2D eigenvalue weighted by atomic mass is 79.9. The van der Waals surface area contributed by atoms with E-state index in [1.165, 1.54) is 12.1 Å². The predicted molar refractivity (Wildman–Crippen MR) is 58.2 cm³/mol. The van der Waals surface area contributed by atoms with Gasteiger partial charge in [0.05, 0.1) is 18.9 Å². The second-order valence-corrected chi connectivity index (χ2v) is 5.74. The Hall–Kier alpha value is 0.380. The Balaban J connectivity index is 3.53. The molecule has 0 atom stereocenters. The zero-order valence-electron chi connectivity index (χ0n) is 6.09. The minimum absolute atomic E-state index is 0.00350. The van der Waals surface area contributed by atoms with Gasteiger partial charge in [-0.25, -0.2) is 13.6 Å². The molecule has 1 aromatic rings. The van der Waals surface area contributed by atoms with Crippen molar-refractivity contribution in [3.05, 3.63) is 26.1 Å². The predicted octanol–water partition coefficient (Wildman–Crippen LogP) is 2.51. The van der Waals surface area contributed by atoms with Crippen molar-refractivity contribution in [3.63, 3.8) is 0 Å². The summed E-state index contributed by atoms with van der Waals surface area (Å²) in [5, 5.41) is 5.37. The highest BCUT2D eigenvalue weighted by Gasteiger charge is 2.15. The van der Waals surface area contributed by atoms with Gasteiger partial charge in [0.1, 0.15) is 0 Å². The molecule has 0 fully saturated rings. The van der Waals surface area contributed by atoms with Crippen molar-refractivity contribution < 1.29 is 8.42 Å². The lowest BCUT2D eigenvalue weighted by Gasteiger charge is -2.04. The van der Waals surface area contributed by atoms with Gasteiger partial charge in [-0.15, -0.1) is 0 Å². The molecule has 0 saturated heterocycles. The summed E-state index contributed by atoms with van der Waals surface area (Å²) in [6, 6.07) is 2.79. The van der Waals surface area contributed by atoms with Gasteiger partial charge in [0, 0.05) is 0 Å². The fourth-order valence-electron chi connectivity index (χ4n) is 0.728. The number of hydrogen-bond acceptors (Lipinski definition) is 2. The molecule has 0 aliphatic carbocycles. The van der Waals surface area contributed by atoms with Crippen LogP contribution in [0, 0.1) is 0 Å². The summed E-state index contributed by atoms with van der Waals surface area (Å²) >= 11 is 11.9. The van der Waals surface area contributed by atoms with Gasteiger partial charge < -0.3 is 0 Å². The van der Waals surface area contributed by atoms with Crippen LogP contribution in [0.4, 0.5) is 0 Å². The Labute approximate surface area is 97.6 Å². The molecular weight excluding hydrogens is 345 g/mol. The van der Waals surface area contributed by atoms with E-state index in [2.05, 4.69) is 31.9 Å². The van der Waals surface area contributed by atoms with Crippen LogP contribution in [-0.2, 0) is 10.0 Å². The van der Waals surface area contributed by atoms with Crippen molar-refractivity contribution in [1.82, 2.24) is 0 Å². The van der Waals surface area contributed by atoms with Crippen LogP contribution in [-0.4, -0.2) is 8.42 Å². The Morgan fingerprint density at radius 3 is 2.23 bits per heavy atom. The van der Waals surface area contributed by atoms with Crippen LogP contribution in [0.15, 0.2) is 26.0 Å². The van der Waals surface area contributed by atoms with Crippen molar-refractivity contribution in [3.8, 4) is 0 Å². The Morgan fingerprint density at radius 1 is 1.23 bits per heavy atom. The highest BCUT2D eigenvalue weighted by molar-refractivity contribution is 9.13. The van der Waals surface area contributed by atoms with E-state index in [4.69, 9.17) is 16.7 Å². The Bertz CT molecular complexity index is 446. The molecule has 3 nitrogen and oxygen atoms in total. The van der Waals surface area contributed by atoms with Crippen LogP contribution >= 0.6 is 43.5 Å². The van der Waals surface area contributed by atoms with Gasteiger partial charge >= 0.3 is 0 Å². The molecule has 2 N–H and O–H groups in total. The average molecular weight is 349 g/mol. The largest absolute Gasteiger partial charge is 0.239 e. The molecule has 0 heterocycles. The number of rotatable bonds is 1. The molecule has 1 rings (SSSR count). The molecule has 0 aliphatic rings. The first kappa shape index (κ1) is 11.5. The number of sulfonamides is 1. The monoisotopic (exact) mass is 347 g/mol. The maximum Gasteiger partial charge on any atom is 0.239 e. The zero-order chi connectivity index (χ0) is 10.2. The first-order valence-corrected chi connectivity index (χ1v) is 6.51. The lowest BCUT2D eigenvalue weighted by atomic mass is 10.4. The zero-order valence-corrected chi connectivity index (χ0v) is 10.8. The van der Waals surface area contributed by atoms with Crippen LogP contribution in [0.5, 0.6) is 0 Å². The van der Waals surface area contributed by atoms with Crippen molar-refractivity contribution >= 4 is 53.5 Å². The fourth-order valence-corrected chi connectivity index (χ4v) is 3.11. The molecule has 0 bridgehead atoms. The van der Waals surface area contributed by atoms with Gasteiger partial charge in [0.2, 0.25) is 10.0 Å². The molecule has 0 aromatic heterocycles. The van der Waals surface area contributed by atoms with Gasteiger partial charge in [0.25, 0.3) is 0 Å². The normalized spacial score (nSPS) is 11.7.